The van der Waals surface area contributed by atoms with E-state index in [-0.39, 0.29) is 25.8 Å². The molecule has 20 heavy (non-hydrogen) atoms. The average molecular weight is 449 g/mol. The molecule has 2 aromatic rings. The molecule has 0 aliphatic rings. The summed E-state index contributed by atoms with van der Waals surface area (Å²) >= 11 is 0. The number of pyridine rings is 1. The van der Waals surface area contributed by atoms with Gasteiger partial charge in [0.2, 0.25) is 0 Å². The van der Waals surface area contributed by atoms with Crippen LogP contribution in [0.1, 0.15) is 0 Å². The third kappa shape index (κ3) is 6.08. The Bertz CT molecular complexity index is 521. The van der Waals surface area contributed by atoms with E-state index in [9.17, 15) is 10.1 Å². The fourth-order valence-electron chi connectivity index (χ4n) is 1.24. The Morgan fingerprint density at radius 3 is 2.30 bits per heavy atom. The van der Waals surface area contributed by atoms with Gasteiger partial charge >= 0.3 is 20.1 Å². The first-order chi connectivity index (χ1) is 9.27. The van der Waals surface area contributed by atoms with Crippen molar-refractivity contribution in [3.8, 4) is 11.3 Å². The van der Waals surface area contributed by atoms with Crippen molar-refractivity contribution in [2.75, 3.05) is 0 Å². The first-order valence-corrected chi connectivity index (χ1v) is 4.82. The fraction of sp³-hybridized carbons (Fsp3) is 0. The van der Waals surface area contributed by atoms with E-state index < -0.39 is 4.92 Å². The first-order valence-electron chi connectivity index (χ1n) is 4.82. The van der Waals surface area contributed by atoms with Crippen LogP contribution in [0.2, 0.25) is 0 Å². The van der Waals surface area contributed by atoms with Gasteiger partial charge in [-0.15, -0.1) is 17.7 Å². The summed E-state index contributed by atoms with van der Waals surface area (Å²) in [6.45, 7) is 6.50. The predicted octanol–water partition coefficient (Wildman–Crippen LogP) is 1.91. The number of hydrogen-bond donors (Lipinski definition) is 0. The van der Waals surface area contributed by atoms with Crippen LogP contribution in [0.3, 0.4) is 0 Å². The van der Waals surface area contributed by atoms with Crippen LogP contribution in [0.5, 0.6) is 0 Å². The Hall–Kier alpha value is -2.24. The zero-order valence-electron chi connectivity index (χ0n) is 10.1. The van der Waals surface area contributed by atoms with Crippen molar-refractivity contribution < 1.29 is 34.6 Å². The van der Waals surface area contributed by atoms with E-state index in [0.717, 1.165) is 0 Å². The van der Waals surface area contributed by atoms with Crippen molar-refractivity contribution in [1.82, 2.24) is 4.98 Å². The van der Waals surface area contributed by atoms with Crippen LogP contribution >= 0.6 is 0 Å². The second-order valence-corrected chi connectivity index (χ2v) is 2.93. The molecule has 0 aliphatic carbocycles. The number of carbonyl (C=O) groups excluding carboxylic acids is 2. The minimum Gasteiger partial charge on any atom is -0.545 e. The third-order valence-corrected chi connectivity index (χ3v) is 1.94. The van der Waals surface area contributed by atoms with Gasteiger partial charge in [-0.05, 0) is 11.8 Å². The van der Waals surface area contributed by atoms with Crippen molar-refractivity contribution in [1.29, 1.82) is 0 Å². The zero-order valence-corrected chi connectivity index (χ0v) is 12.5. The number of nitrogens with zero attached hydrogens (tertiary/aromatic N) is 2. The van der Waals surface area contributed by atoms with Crippen LogP contribution in [0.25, 0.3) is 11.3 Å². The Morgan fingerprint density at radius 1 is 1.15 bits per heavy atom. The minimum atomic E-state index is -0.430. The second-order valence-electron chi connectivity index (χ2n) is 2.93. The van der Waals surface area contributed by atoms with Crippen molar-refractivity contribution in [2.45, 2.75) is 0 Å². The molecular formula is C13H9IrN2O4. The number of hydrogen-bond acceptors (Lipinski definition) is 5. The molecular weight excluding hydrogens is 440 g/mol. The Kier molecular flexibility index (Phi) is 11.9. The zero-order chi connectivity index (χ0) is 14.7. The van der Waals surface area contributed by atoms with Gasteiger partial charge in [-0.1, -0.05) is 24.3 Å². The van der Waals surface area contributed by atoms with Gasteiger partial charge in [0, 0.05) is 11.1 Å². The monoisotopic (exact) mass is 450 g/mol. The van der Waals surface area contributed by atoms with Crippen molar-refractivity contribution >= 4 is 19.3 Å². The number of non-ortho nitro benzene ring substituents is 1. The molecule has 0 unspecified atom stereocenters. The van der Waals surface area contributed by atoms with Gasteiger partial charge in [0.25, 0.3) is 0 Å². The summed E-state index contributed by atoms with van der Waals surface area (Å²) in [6.07, 6.45) is 1.64. The summed E-state index contributed by atoms with van der Waals surface area (Å²) in [5, 5.41) is 10.6. The van der Waals surface area contributed by atoms with E-state index in [1.807, 2.05) is 6.07 Å². The van der Waals surface area contributed by atoms with Gasteiger partial charge in [0.1, 0.15) is 0 Å². The molecule has 0 amide bonds. The number of rotatable bonds is 2. The van der Waals surface area contributed by atoms with E-state index >= 15 is 0 Å². The number of nitro benzene ring substituents is 1. The molecule has 2 rings (SSSR count). The van der Waals surface area contributed by atoms with Crippen LogP contribution in [0.15, 0.2) is 42.6 Å². The van der Waals surface area contributed by atoms with E-state index in [0.29, 0.717) is 11.3 Å². The van der Waals surface area contributed by atoms with Gasteiger partial charge in [0.05, 0.1) is 0 Å². The summed E-state index contributed by atoms with van der Waals surface area (Å²) in [5.41, 5.74) is 1.36. The maximum absolute atomic E-state index is 10.6. The maximum atomic E-state index is 10.6. The maximum Gasteiger partial charge on any atom is 3.00 e. The Balaban J connectivity index is 0. The van der Waals surface area contributed by atoms with Crippen LogP contribution in [-0.4, -0.2) is 23.5 Å². The van der Waals surface area contributed by atoms with Crippen LogP contribution in [-0.2, 0) is 29.7 Å². The second kappa shape index (κ2) is 11.8. The van der Waals surface area contributed by atoms with Crippen LogP contribution < -0.4 is 0 Å². The molecule has 0 aliphatic heterocycles. The molecule has 1 heterocycles. The standard InChI is InChI=1S/C11H7N2O2.2CHO.Ir/c14-13(15)10-5-3-4-9(8-10)11-6-1-2-7-12-11;2*1-2;/h1-3,5-8H;2*1H;/q3*-1;+3. The Morgan fingerprint density at radius 2 is 1.80 bits per heavy atom. The Labute approximate surface area is 129 Å². The topological polar surface area (TPSA) is 90.2 Å². The molecule has 0 radical (unpaired) electrons. The fourth-order valence-corrected chi connectivity index (χ4v) is 1.24. The van der Waals surface area contributed by atoms with E-state index in [1.165, 1.54) is 18.2 Å². The molecule has 0 saturated heterocycles. The number of nitro groups is 1. The molecule has 104 valence electrons. The molecule has 0 atom stereocenters. The first kappa shape index (κ1) is 20.1. The van der Waals surface area contributed by atoms with Gasteiger partial charge < -0.3 is 14.6 Å². The SMILES string of the molecule is O=[N+]([O-])c1cc[c-]c(-c2ccccn2)c1.[CH-]=O.[CH-]=O.[Ir+3]. The molecule has 0 saturated carbocycles. The molecule has 0 fully saturated rings. The van der Waals surface area contributed by atoms with Crippen molar-refractivity contribution in [3.63, 3.8) is 0 Å². The van der Waals surface area contributed by atoms with E-state index in [4.69, 9.17) is 9.59 Å². The number of benzene rings is 1. The normalized spacial score (nSPS) is 7.80. The van der Waals surface area contributed by atoms with Gasteiger partial charge in [-0.25, -0.2) is 0 Å². The van der Waals surface area contributed by atoms with E-state index in [2.05, 4.69) is 24.6 Å². The largest absolute Gasteiger partial charge is 3.00 e. The van der Waals surface area contributed by atoms with Crippen LogP contribution in [0.4, 0.5) is 5.69 Å². The number of aromatic nitrogens is 1. The summed E-state index contributed by atoms with van der Waals surface area (Å²) in [5.74, 6) is 0. The molecule has 7 heteroatoms. The smallest absolute Gasteiger partial charge is 0.545 e. The average Bonchev–Trinajstić information content (AvgIpc) is 2.52. The molecule has 1 aromatic carbocycles. The third-order valence-electron chi connectivity index (χ3n) is 1.94. The molecule has 0 bridgehead atoms. The summed E-state index contributed by atoms with van der Waals surface area (Å²) in [4.78, 5) is 29.7. The van der Waals surface area contributed by atoms with E-state index in [1.54, 1.807) is 18.3 Å². The van der Waals surface area contributed by atoms with Crippen molar-refractivity contribution in [3.05, 3.63) is 58.8 Å². The molecule has 0 N–H and O–H groups in total. The summed E-state index contributed by atoms with van der Waals surface area (Å²) < 4.78 is 0. The molecule has 6 nitrogen and oxygen atoms in total. The van der Waals surface area contributed by atoms with Gasteiger partial charge in [-0.3, -0.25) is 23.7 Å². The van der Waals surface area contributed by atoms with Gasteiger partial charge in [0.15, 0.2) is 5.69 Å². The van der Waals surface area contributed by atoms with Crippen LogP contribution in [0, 0.1) is 16.2 Å². The van der Waals surface area contributed by atoms with Crippen molar-refractivity contribution in [2.24, 2.45) is 0 Å². The minimum absolute atomic E-state index is 0. The summed E-state index contributed by atoms with van der Waals surface area (Å²) in [6, 6.07) is 12.7. The summed E-state index contributed by atoms with van der Waals surface area (Å²) in [7, 11) is 0. The molecule has 0 spiro atoms. The van der Waals surface area contributed by atoms with Gasteiger partial charge in [-0.2, -0.15) is 0 Å². The quantitative estimate of drug-likeness (QED) is 0.302. The molecule has 1 aromatic heterocycles. The predicted molar refractivity (Wildman–Crippen MR) is 68.7 cm³/mol.